The minimum Gasteiger partial charge on any atom is -0.504 e. The number of nitrogens with zero attached hydrogens (tertiary/aromatic N) is 3. The van der Waals surface area contributed by atoms with Crippen LogP contribution in [0, 0.1) is 0 Å². The quantitative estimate of drug-likeness (QED) is 0.474. The SMILES string of the molecule is CCn1c(SCC(=O)Nc2ccc(O)c(OC)c2)nnc1-c1ccsc1. The van der Waals surface area contributed by atoms with E-state index in [0.29, 0.717) is 16.6 Å². The zero-order chi connectivity index (χ0) is 18.5. The number of aromatic hydroxyl groups is 1. The van der Waals surface area contributed by atoms with Crippen LogP contribution in [0.4, 0.5) is 5.69 Å². The zero-order valence-electron chi connectivity index (χ0n) is 14.3. The lowest BCUT2D eigenvalue weighted by Gasteiger charge is -2.09. The fourth-order valence-corrected chi connectivity index (χ4v) is 3.80. The van der Waals surface area contributed by atoms with Gasteiger partial charge >= 0.3 is 0 Å². The highest BCUT2D eigenvalue weighted by Crippen LogP contribution is 2.29. The molecule has 0 spiro atoms. The lowest BCUT2D eigenvalue weighted by atomic mass is 10.3. The molecule has 3 aromatic rings. The molecule has 0 saturated heterocycles. The summed E-state index contributed by atoms with van der Waals surface area (Å²) in [5.74, 6) is 1.16. The van der Waals surface area contributed by atoms with Crippen LogP contribution >= 0.6 is 23.1 Å². The van der Waals surface area contributed by atoms with E-state index in [1.807, 2.05) is 28.3 Å². The maximum atomic E-state index is 12.2. The number of rotatable bonds is 7. The van der Waals surface area contributed by atoms with Gasteiger partial charge in [0, 0.05) is 29.2 Å². The molecule has 0 unspecified atom stereocenters. The predicted octanol–water partition coefficient (Wildman–Crippen LogP) is 3.47. The van der Waals surface area contributed by atoms with Crippen LogP contribution in [0.15, 0.2) is 40.2 Å². The molecule has 1 amide bonds. The van der Waals surface area contributed by atoms with Crippen molar-refractivity contribution in [2.24, 2.45) is 0 Å². The Morgan fingerprint density at radius 2 is 2.23 bits per heavy atom. The number of nitrogens with one attached hydrogen (secondary N) is 1. The zero-order valence-corrected chi connectivity index (χ0v) is 15.9. The highest BCUT2D eigenvalue weighted by Gasteiger charge is 2.15. The number of benzene rings is 1. The van der Waals surface area contributed by atoms with E-state index < -0.39 is 0 Å². The van der Waals surface area contributed by atoms with Gasteiger partial charge in [-0.1, -0.05) is 11.8 Å². The Morgan fingerprint density at radius 3 is 2.92 bits per heavy atom. The van der Waals surface area contributed by atoms with E-state index in [4.69, 9.17) is 4.74 Å². The van der Waals surface area contributed by atoms with Gasteiger partial charge in [-0.05, 0) is 30.5 Å². The highest BCUT2D eigenvalue weighted by molar-refractivity contribution is 7.99. The van der Waals surface area contributed by atoms with Gasteiger partial charge in [-0.2, -0.15) is 11.3 Å². The molecular weight excluding hydrogens is 372 g/mol. The minimum absolute atomic E-state index is 0.0249. The number of aromatic nitrogens is 3. The number of amides is 1. The van der Waals surface area contributed by atoms with Crippen molar-refractivity contribution < 1.29 is 14.6 Å². The van der Waals surface area contributed by atoms with Gasteiger partial charge in [-0.15, -0.1) is 10.2 Å². The fraction of sp³-hybridized carbons (Fsp3) is 0.235. The van der Waals surface area contributed by atoms with Gasteiger partial charge < -0.3 is 19.7 Å². The summed E-state index contributed by atoms with van der Waals surface area (Å²) < 4.78 is 7.03. The monoisotopic (exact) mass is 390 g/mol. The molecule has 0 fully saturated rings. The smallest absolute Gasteiger partial charge is 0.234 e. The summed E-state index contributed by atoms with van der Waals surface area (Å²) in [6.07, 6.45) is 0. The molecule has 0 radical (unpaired) electrons. The van der Waals surface area contributed by atoms with Gasteiger partial charge in [0.1, 0.15) is 0 Å². The Bertz CT molecular complexity index is 894. The molecule has 9 heteroatoms. The number of anilines is 1. The number of carbonyl (C=O) groups excluding carboxylic acids is 1. The van der Waals surface area contributed by atoms with Crippen molar-refractivity contribution in [3.8, 4) is 22.9 Å². The van der Waals surface area contributed by atoms with Gasteiger partial charge in [-0.3, -0.25) is 4.79 Å². The maximum Gasteiger partial charge on any atom is 0.234 e. The second-order valence-electron chi connectivity index (χ2n) is 5.29. The summed E-state index contributed by atoms with van der Waals surface area (Å²) in [5, 5.41) is 25.6. The lowest BCUT2D eigenvalue weighted by molar-refractivity contribution is -0.113. The first-order valence-corrected chi connectivity index (χ1v) is 9.80. The molecule has 136 valence electrons. The third-order valence-corrected chi connectivity index (χ3v) is 5.26. The van der Waals surface area contributed by atoms with Crippen molar-refractivity contribution in [1.29, 1.82) is 0 Å². The summed E-state index contributed by atoms with van der Waals surface area (Å²) in [5.41, 5.74) is 1.58. The van der Waals surface area contributed by atoms with Crippen LogP contribution in [0.2, 0.25) is 0 Å². The summed E-state index contributed by atoms with van der Waals surface area (Å²) in [4.78, 5) is 12.2. The third kappa shape index (κ3) is 4.00. The lowest BCUT2D eigenvalue weighted by Crippen LogP contribution is -2.14. The van der Waals surface area contributed by atoms with E-state index in [-0.39, 0.29) is 17.4 Å². The van der Waals surface area contributed by atoms with Crippen LogP contribution in [-0.2, 0) is 11.3 Å². The number of phenolic OH excluding ortho intramolecular Hbond substituents is 1. The van der Waals surface area contributed by atoms with Crippen molar-refractivity contribution in [3.63, 3.8) is 0 Å². The molecule has 0 aliphatic rings. The Balaban J connectivity index is 1.65. The molecule has 0 bridgehead atoms. The highest BCUT2D eigenvalue weighted by atomic mass is 32.2. The number of ether oxygens (including phenoxy) is 1. The maximum absolute atomic E-state index is 12.2. The molecule has 0 aliphatic heterocycles. The number of carbonyl (C=O) groups is 1. The standard InChI is InChI=1S/C17H18N4O3S2/c1-3-21-16(11-6-7-25-9-11)19-20-17(21)26-10-15(23)18-12-4-5-13(22)14(8-12)24-2/h4-9,22H,3,10H2,1-2H3,(H,18,23). The molecule has 7 nitrogen and oxygen atoms in total. The Kier molecular flexibility index (Phi) is 5.79. The minimum atomic E-state index is -0.175. The van der Waals surface area contributed by atoms with Gasteiger partial charge in [-0.25, -0.2) is 0 Å². The van der Waals surface area contributed by atoms with Crippen LogP contribution in [-0.4, -0.2) is 38.6 Å². The summed E-state index contributed by atoms with van der Waals surface area (Å²) in [6, 6.07) is 6.66. The second kappa shape index (κ2) is 8.24. The predicted molar refractivity (Wildman–Crippen MR) is 103 cm³/mol. The molecule has 26 heavy (non-hydrogen) atoms. The van der Waals surface area contributed by atoms with Crippen LogP contribution in [0.25, 0.3) is 11.4 Å². The number of phenols is 1. The normalized spacial score (nSPS) is 10.7. The first-order valence-electron chi connectivity index (χ1n) is 7.87. The molecule has 2 aromatic heterocycles. The van der Waals surface area contributed by atoms with Crippen molar-refractivity contribution in [3.05, 3.63) is 35.0 Å². The molecular formula is C17H18N4O3S2. The van der Waals surface area contributed by atoms with Crippen molar-refractivity contribution >= 4 is 34.7 Å². The molecule has 3 rings (SSSR count). The molecule has 2 N–H and O–H groups in total. The molecule has 1 aromatic carbocycles. The van der Waals surface area contributed by atoms with Crippen LogP contribution in [0.5, 0.6) is 11.5 Å². The molecule has 0 aliphatic carbocycles. The van der Waals surface area contributed by atoms with E-state index in [0.717, 1.165) is 17.9 Å². The van der Waals surface area contributed by atoms with Crippen molar-refractivity contribution in [2.45, 2.75) is 18.6 Å². The van der Waals surface area contributed by atoms with Crippen molar-refractivity contribution in [2.75, 3.05) is 18.2 Å². The van der Waals surface area contributed by atoms with Gasteiger partial charge in [0.2, 0.25) is 5.91 Å². The summed E-state index contributed by atoms with van der Waals surface area (Å²) >= 11 is 2.94. The number of thiophene rings is 1. The first kappa shape index (κ1) is 18.3. The number of thioether (sulfide) groups is 1. The van der Waals surface area contributed by atoms with E-state index in [2.05, 4.69) is 15.5 Å². The van der Waals surface area contributed by atoms with Crippen LogP contribution in [0.1, 0.15) is 6.92 Å². The van der Waals surface area contributed by atoms with E-state index in [1.165, 1.54) is 24.9 Å². The number of methoxy groups -OCH3 is 1. The Hall–Kier alpha value is -2.52. The van der Waals surface area contributed by atoms with Crippen LogP contribution < -0.4 is 10.1 Å². The first-order chi connectivity index (χ1) is 12.6. The van der Waals surface area contributed by atoms with E-state index in [1.54, 1.807) is 23.5 Å². The molecule has 0 atom stereocenters. The molecule has 0 saturated carbocycles. The average Bonchev–Trinajstić information content (AvgIpc) is 3.30. The topological polar surface area (TPSA) is 89.3 Å². The van der Waals surface area contributed by atoms with E-state index >= 15 is 0 Å². The fourth-order valence-electron chi connectivity index (χ4n) is 2.37. The Morgan fingerprint density at radius 1 is 1.38 bits per heavy atom. The number of hydrogen-bond donors (Lipinski definition) is 2. The Labute approximate surface area is 159 Å². The summed E-state index contributed by atoms with van der Waals surface area (Å²) in [6.45, 7) is 2.74. The van der Waals surface area contributed by atoms with Gasteiger partial charge in [0.05, 0.1) is 12.9 Å². The number of hydrogen-bond acceptors (Lipinski definition) is 7. The second-order valence-corrected chi connectivity index (χ2v) is 7.01. The van der Waals surface area contributed by atoms with Crippen LogP contribution in [0.3, 0.4) is 0 Å². The molecule has 2 heterocycles. The largest absolute Gasteiger partial charge is 0.504 e. The third-order valence-electron chi connectivity index (χ3n) is 3.61. The summed E-state index contributed by atoms with van der Waals surface area (Å²) in [7, 11) is 1.46. The van der Waals surface area contributed by atoms with Gasteiger partial charge in [0.15, 0.2) is 22.5 Å². The average molecular weight is 390 g/mol. The van der Waals surface area contributed by atoms with Gasteiger partial charge in [0.25, 0.3) is 0 Å². The van der Waals surface area contributed by atoms with Crippen molar-refractivity contribution in [1.82, 2.24) is 14.8 Å². The van der Waals surface area contributed by atoms with E-state index in [9.17, 15) is 9.90 Å².